The number of nitrogens with zero attached hydrogens (tertiary/aromatic N) is 1. The molecule has 142 valence electrons. The van der Waals surface area contributed by atoms with Gasteiger partial charge in [0.2, 0.25) is 0 Å². The summed E-state index contributed by atoms with van der Waals surface area (Å²) >= 11 is 0. The molecule has 1 heterocycles. The SMILES string of the molecule is CC[C@@H]1NC(=O)N(C2CC(Oc3ccc(C)c(OC(F)(F)F)c3)C2)C1=O. The molecule has 0 unspecified atom stereocenters. The number of amides is 3. The number of carbonyl (C=O) groups is 2. The molecule has 1 aliphatic heterocycles. The molecule has 2 aliphatic rings. The Labute approximate surface area is 148 Å². The molecular weight excluding hydrogens is 353 g/mol. The van der Waals surface area contributed by atoms with Crippen molar-refractivity contribution in [1.82, 2.24) is 10.2 Å². The zero-order valence-corrected chi connectivity index (χ0v) is 14.3. The van der Waals surface area contributed by atoms with Crippen LogP contribution in [0.25, 0.3) is 0 Å². The Morgan fingerprint density at radius 1 is 1.27 bits per heavy atom. The van der Waals surface area contributed by atoms with Crippen LogP contribution in [0.15, 0.2) is 18.2 Å². The maximum absolute atomic E-state index is 12.4. The van der Waals surface area contributed by atoms with Crippen molar-refractivity contribution in [1.29, 1.82) is 0 Å². The highest BCUT2D eigenvalue weighted by Gasteiger charge is 2.46. The first-order valence-corrected chi connectivity index (χ1v) is 8.34. The number of benzene rings is 1. The lowest BCUT2D eigenvalue weighted by atomic mass is 9.87. The molecule has 9 heteroatoms. The lowest BCUT2D eigenvalue weighted by Crippen LogP contribution is -2.52. The average Bonchev–Trinajstić information content (AvgIpc) is 2.79. The van der Waals surface area contributed by atoms with Crippen LogP contribution < -0.4 is 14.8 Å². The Morgan fingerprint density at radius 2 is 1.96 bits per heavy atom. The Balaban J connectivity index is 1.59. The van der Waals surface area contributed by atoms with E-state index in [-0.39, 0.29) is 29.6 Å². The van der Waals surface area contributed by atoms with Crippen molar-refractivity contribution in [2.45, 2.75) is 57.7 Å². The largest absolute Gasteiger partial charge is 0.573 e. The van der Waals surface area contributed by atoms with Crippen LogP contribution in [0, 0.1) is 6.92 Å². The predicted molar refractivity (Wildman–Crippen MR) is 84.8 cm³/mol. The fourth-order valence-electron chi connectivity index (χ4n) is 3.10. The van der Waals surface area contributed by atoms with E-state index in [0.717, 1.165) is 0 Å². The van der Waals surface area contributed by atoms with Gasteiger partial charge in [-0.1, -0.05) is 13.0 Å². The minimum atomic E-state index is -4.77. The zero-order valence-electron chi connectivity index (χ0n) is 14.3. The van der Waals surface area contributed by atoms with Gasteiger partial charge in [-0.2, -0.15) is 0 Å². The van der Waals surface area contributed by atoms with Gasteiger partial charge in [-0.05, 0) is 25.0 Å². The highest BCUT2D eigenvalue weighted by atomic mass is 19.4. The fourth-order valence-corrected chi connectivity index (χ4v) is 3.10. The second-order valence-corrected chi connectivity index (χ2v) is 6.46. The third-order valence-corrected chi connectivity index (χ3v) is 4.58. The predicted octanol–water partition coefficient (Wildman–Crippen LogP) is 3.13. The Bertz CT molecular complexity index is 716. The number of hydrogen-bond acceptors (Lipinski definition) is 4. The standard InChI is InChI=1S/C17H19F3N2O4/c1-3-13-15(23)22(16(24)21-13)10-6-12(7-10)25-11-5-4-9(2)14(8-11)26-17(18,19)20/h4-5,8,10,12-13H,3,6-7H2,1-2H3,(H,21,24)/t10?,12?,13-/m0/s1. The molecule has 26 heavy (non-hydrogen) atoms. The van der Waals surface area contributed by atoms with Crippen LogP contribution in [-0.2, 0) is 4.79 Å². The van der Waals surface area contributed by atoms with E-state index in [9.17, 15) is 22.8 Å². The van der Waals surface area contributed by atoms with Gasteiger partial charge < -0.3 is 14.8 Å². The van der Waals surface area contributed by atoms with Crippen molar-refractivity contribution in [3.63, 3.8) is 0 Å². The molecule has 0 aromatic heterocycles. The van der Waals surface area contributed by atoms with Crippen molar-refractivity contribution in [2.75, 3.05) is 0 Å². The smallest absolute Gasteiger partial charge is 0.490 e. The lowest BCUT2D eigenvalue weighted by Gasteiger charge is -2.39. The lowest BCUT2D eigenvalue weighted by molar-refractivity contribution is -0.274. The monoisotopic (exact) mass is 372 g/mol. The molecule has 2 fully saturated rings. The number of carbonyl (C=O) groups excluding carboxylic acids is 2. The highest BCUT2D eigenvalue weighted by Crippen LogP contribution is 2.35. The second-order valence-electron chi connectivity index (χ2n) is 6.46. The molecular formula is C17H19F3N2O4. The summed E-state index contributed by atoms with van der Waals surface area (Å²) in [4.78, 5) is 25.3. The molecule has 1 N–H and O–H groups in total. The third kappa shape index (κ3) is 3.71. The number of ether oxygens (including phenoxy) is 2. The van der Waals surface area contributed by atoms with Crippen molar-refractivity contribution in [3.05, 3.63) is 23.8 Å². The van der Waals surface area contributed by atoms with E-state index < -0.39 is 18.4 Å². The first kappa shape index (κ1) is 18.3. The minimum absolute atomic E-state index is 0.239. The Kier molecular flexibility index (Phi) is 4.72. The number of imide groups is 1. The van der Waals surface area contributed by atoms with Gasteiger partial charge >= 0.3 is 12.4 Å². The maximum Gasteiger partial charge on any atom is 0.573 e. The van der Waals surface area contributed by atoms with Crippen LogP contribution in [0.3, 0.4) is 0 Å². The van der Waals surface area contributed by atoms with Crippen LogP contribution in [0.1, 0.15) is 31.7 Å². The summed E-state index contributed by atoms with van der Waals surface area (Å²) in [6, 6.07) is 3.10. The average molecular weight is 372 g/mol. The van der Waals surface area contributed by atoms with Gasteiger partial charge in [0, 0.05) is 24.9 Å². The van der Waals surface area contributed by atoms with Gasteiger partial charge in [0.1, 0.15) is 23.6 Å². The number of alkyl halides is 3. The first-order chi connectivity index (χ1) is 12.2. The second kappa shape index (κ2) is 6.69. The molecule has 0 spiro atoms. The number of urea groups is 1. The molecule has 3 rings (SSSR count). The summed E-state index contributed by atoms with van der Waals surface area (Å²) < 4.78 is 46.9. The van der Waals surface area contributed by atoms with Crippen molar-refractivity contribution < 1.29 is 32.2 Å². The molecule has 1 saturated heterocycles. The van der Waals surface area contributed by atoms with E-state index in [2.05, 4.69) is 10.1 Å². The number of hydrogen-bond donors (Lipinski definition) is 1. The quantitative estimate of drug-likeness (QED) is 0.807. The van der Waals surface area contributed by atoms with E-state index in [0.29, 0.717) is 24.8 Å². The van der Waals surface area contributed by atoms with Gasteiger partial charge in [0.25, 0.3) is 5.91 Å². The molecule has 1 aromatic rings. The highest BCUT2D eigenvalue weighted by molar-refractivity contribution is 6.04. The van der Waals surface area contributed by atoms with Crippen molar-refractivity contribution >= 4 is 11.9 Å². The van der Waals surface area contributed by atoms with E-state index >= 15 is 0 Å². The van der Waals surface area contributed by atoms with Crippen LogP contribution in [0.4, 0.5) is 18.0 Å². The normalized spacial score (nSPS) is 25.7. The van der Waals surface area contributed by atoms with Crippen LogP contribution >= 0.6 is 0 Å². The van der Waals surface area contributed by atoms with Gasteiger partial charge in [-0.25, -0.2) is 4.79 Å². The molecule has 0 radical (unpaired) electrons. The summed E-state index contributed by atoms with van der Waals surface area (Å²) in [7, 11) is 0. The van der Waals surface area contributed by atoms with E-state index in [1.54, 1.807) is 6.07 Å². The van der Waals surface area contributed by atoms with E-state index in [1.807, 2.05) is 6.92 Å². The molecule has 1 aromatic carbocycles. The zero-order chi connectivity index (χ0) is 19.1. The van der Waals surface area contributed by atoms with Crippen LogP contribution in [0.5, 0.6) is 11.5 Å². The van der Waals surface area contributed by atoms with Crippen molar-refractivity contribution in [2.24, 2.45) is 0 Å². The molecule has 0 bridgehead atoms. The summed E-state index contributed by atoms with van der Waals surface area (Å²) in [5, 5.41) is 2.63. The molecule has 1 atom stereocenters. The Hall–Kier alpha value is -2.45. The van der Waals surface area contributed by atoms with Gasteiger partial charge in [-0.3, -0.25) is 9.69 Å². The number of nitrogens with one attached hydrogen (secondary N) is 1. The van der Waals surface area contributed by atoms with Crippen LogP contribution in [0.2, 0.25) is 0 Å². The number of halogens is 3. The number of rotatable bonds is 5. The minimum Gasteiger partial charge on any atom is -0.490 e. The molecule has 1 saturated carbocycles. The van der Waals surface area contributed by atoms with Gasteiger partial charge in [-0.15, -0.1) is 13.2 Å². The first-order valence-electron chi connectivity index (χ1n) is 8.34. The summed E-state index contributed by atoms with van der Waals surface area (Å²) in [5.74, 6) is -0.301. The Morgan fingerprint density at radius 3 is 2.54 bits per heavy atom. The summed E-state index contributed by atoms with van der Waals surface area (Å²) in [5.41, 5.74) is 0.339. The molecule has 1 aliphatic carbocycles. The van der Waals surface area contributed by atoms with E-state index in [4.69, 9.17) is 4.74 Å². The maximum atomic E-state index is 12.4. The molecule has 6 nitrogen and oxygen atoms in total. The van der Waals surface area contributed by atoms with Crippen molar-refractivity contribution in [3.8, 4) is 11.5 Å². The topological polar surface area (TPSA) is 67.9 Å². The number of aryl methyl sites for hydroxylation is 1. The summed E-state index contributed by atoms with van der Waals surface area (Å²) in [6.07, 6.45) is -3.64. The van der Waals surface area contributed by atoms with Gasteiger partial charge in [0.15, 0.2) is 0 Å². The third-order valence-electron chi connectivity index (χ3n) is 4.58. The van der Waals surface area contributed by atoms with Crippen LogP contribution in [-0.4, -0.2) is 41.4 Å². The van der Waals surface area contributed by atoms with E-state index in [1.165, 1.54) is 24.0 Å². The fraction of sp³-hybridized carbons (Fsp3) is 0.529. The molecule has 3 amide bonds. The van der Waals surface area contributed by atoms with Gasteiger partial charge in [0.05, 0.1) is 0 Å². The summed E-state index contributed by atoms with van der Waals surface area (Å²) in [6.45, 7) is 3.32.